The molecule has 0 nitrogen and oxygen atoms in total. The molecule has 117 valence electrons. The molecule has 1 aromatic carbocycles. The quantitative estimate of drug-likeness (QED) is 0.552. The van der Waals surface area contributed by atoms with E-state index >= 15 is 0 Å². The summed E-state index contributed by atoms with van der Waals surface area (Å²) in [6, 6.07) is 5.99. The zero-order chi connectivity index (χ0) is 15.2. The first-order valence-corrected chi connectivity index (χ1v) is 8.74. The zero-order valence-electron chi connectivity index (χ0n) is 13.7. The summed E-state index contributed by atoms with van der Waals surface area (Å²) in [6.07, 6.45) is 9.59. The van der Waals surface area contributed by atoms with E-state index in [1.165, 1.54) is 44.1 Å². The van der Waals surface area contributed by atoms with Crippen LogP contribution in [-0.2, 0) is 0 Å². The van der Waals surface area contributed by atoms with E-state index in [1.807, 2.05) is 6.07 Å². The average molecular weight is 289 g/mol. The first kappa shape index (κ1) is 16.5. The van der Waals surface area contributed by atoms with Gasteiger partial charge in [0.2, 0.25) is 0 Å². The van der Waals surface area contributed by atoms with E-state index in [4.69, 9.17) is 0 Å². The van der Waals surface area contributed by atoms with E-state index in [0.29, 0.717) is 5.92 Å². The van der Waals surface area contributed by atoms with Crippen molar-refractivity contribution in [1.82, 2.24) is 0 Å². The normalized spacial score (nSPS) is 24.0. The number of hydrogen-bond acceptors (Lipinski definition) is 0. The van der Waals surface area contributed by atoms with E-state index < -0.39 is 0 Å². The van der Waals surface area contributed by atoms with Crippen LogP contribution >= 0.6 is 0 Å². The molecule has 1 aromatic rings. The molecular weight excluding hydrogens is 259 g/mol. The largest absolute Gasteiger partial charge is 0.207 e. The fraction of sp³-hybridized carbons (Fsp3) is 0.650. The molecule has 0 bridgehead atoms. The molecule has 0 saturated heterocycles. The number of benzene rings is 1. The molecule has 0 amide bonds. The van der Waals surface area contributed by atoms with Crippen molar-refractivity contribution in [3.8, 4) is 0 Å². The van der Waals surface area contributed by atoms with Crippen LogP contribution in [0.15, 0.2) is 18.2 Å². The van der Waals surface area contributed by atoms with E-state index in [-0.39, 0.29) is 11.7 Å². The Morgan fingerprint density at radius 1 is 1.24 bits per heavy atom. The maximum absolute atomic E-state index is 14.4. The Morgan fingerprint density at radius 2 is 1.95 bits per heavy atom. The highest BCUT2D eigenvalue weighted by Crippen LogP contribution is 2.38. The Morgan fingerprint density at radius 3 is 2.52 bits per heavy atom. The molecule has 1 unspecified atom stereocenters. The molecule has 1 heteroatoms. The fourth-order valence-electron chi connectivity index (χ4n) is 3.85. The third-order valence-electron chi connectivity index (χ3n) is 5.21. The summed E-state index contributed by atoms with van der Waals surface area (Å²) in [5, 5.41) is 0. The Hall–Kier alpha value is -0.850. The van der Waals surface area contributed by atoms with Gasteiger partial charge in [0.1, 0.15) is 5.82 Å². The van der Waals surface area contributed by atoms with Crippen LogP contribution in [0.25, 0.3) is 0 Å². The maximum atomic E-state index is 14.4. The van der Waals surface area contributed by atoms with Crippen molar-refractivity contribution in [3.63, 3.8) is 0 Å². The second-order valence-corrected chi connectivity index (χ2v) is 6.83. The molecule has 1 radical (unpaired) electrons. The van der Waals surface area contributed by atoms with Crippen LogP contribution in [0, 0.1) is 18.7 Å². The summed E-state index contributed by atoms with van der Waals surface area (Å²) in [5.41, 5.74) is 2.08. The molecule has 0 N–H and O–H groups in total. The van der Waals surface area contributed by atoms with Crippen LogP contribution in [0.5, 0.6) is 0 Å². The number of rotatable bonds is 6. The van der Waals surface area contributed by atoms with E-state index in [9.17, 15) is 4.39 Å². The molecule has 2 rings (SSSR count). The van der Waals surface area contributed by atoms with Crippen LogP contribution < -0.4 is 0 Å². The smallest absolute Gasteiger partial charge is 0.126 e. The van der Waals surface area contributed by atoms with Gasteiger partial charge < -0.3 is 0 Å². The number of halogens is 1. The summed E-state index contributed by atoms with van der Waals surface area (Å²) in [6.45, 7) is 8.24. The zero-order valence-corrected chi connectivity index (χ0v) is 13.7. The lowest BCUT2D eigenvalue weighted by Crippen LogP contribution is -2.13. The Kier molecular flexibility index (Phi) is 6.26. The Balaban J connectivity index is 2.00. The molecular formula is C20H30F. The predicted molar refractivity (Wildman–Crippen MR) is 89.0 cm³/mol. The fourth-order valence-corrected chi connectivity index (χ4v) is 3.85. The lowest BCUT2D eigenvalue weighted by Gasteiger charge is -2.29. The minimum Gasteiger partial charge on any atom is -0.207 e. The van der Waals surface area contributed by atoms with E-state index in [2.05, 4.69) is 26.8 Å². The average Bonchev–Trinajstić information content (AvgIpc) is 2.48. The molecule has 0 aromatic heterocycles. The van der Waals surface area contributed by atoms with Gasteiger partial charge in [-0.1, -0.05) is 52.2 Å². The minimum atomic E-state index is -0.0101. The van der Waals surface area contributed by atoms with Gasteiger partial charge in [0.15, 0.2) is 0 Å². The highest BCUT2D eigenvalue weighted by Gasteiger charge is 2.22. The van der Waals surface area contributed by atoms with Crippen molar-refractivity contribution in [2.24, 2.45) is 5.92 Å². The molecule has 21 heavy (non-hydrogen) atoms. The molecule has 1 atom stereocenters. The lowest BCUT2D eigenvalue weighted by atomic mass is 9.77. The monoisotopic (exact) mass is 289 g/mol. The van der Waals surface area contributed by atoms with Crippen molar-refractivity contribution in [2.75, 3.05) is 0 Å². The highest BCUT2D eigenvalue weighted by molar-refractivity contribution is 5.29. The van der Waals surface area contributed by atoms with Crippen molar-refractivity contribution >= 4 is 0 Å². The first-order chi connectivity index (χ1) is 10.2. The molecule has 0 heterocycles. The SMILES string of the molecule is [CH2]CCC(C)c1ccc(C2CCC(CCC)CC2)cc1F. The molecule has 0 aliphatic heterocycles. The maximum Gasteiger partial charge on any atom is 0.126 e. The molecule has 1 aliphatic carbocycles. The Bertz CT molecular complexity index is 429. The Labute approximate surface area is 130 Å². The van der Waals surface area contributed by atoms with Gasteiger partial charge in [0, 0.05) is 0 Å². The van der Waals surface area contributed by atoms with Gasteiger partial charge in [-0.15, -0.1) is 0 Å². The lowest BCUT2D eigenvalue weighted by molar-refractivity contribution is 0.308. The third-order valence-corrected chi connectivity index (χ3v) is 5.21. The van der Waals surface area contributed by atoms with Crippen molar-refractivity contribution in [3.05, 3.63) is 42.1 Å². The summed E-state index contributed by atoms with van der Waals surface area (Å²) in [7, 11) is 0. The highest BCUT2D eigenvalue weighted by atomic mass is 19.1. The van der Waals surface area contributed by atoms with Gasteiger partial charge in [-0.25, -0.2) is 4.39 Å². The van der Waals surface area contributed by atoms with Crippen molar-refractivity contribution in [2.45, 2.75) is 77.0 Å². The first-order valence-electron chi connectivity index (χ1n) is 8.74. The topological polar surface area (TPSA) is 0 Å². The molecule has 0 spiro atoms. The summed E-state index contributed by atoms with van der Waals surface area (Å²) < 4.78 is 14.4. The van der Waals surface area contributed by atoms with Crippen LogP contribution in [0.3, 0.4) is 0 Å². The van der Waals surface area contributed by atoms with Crippen molar-refractivity contribution in [1.29, 1.82) is 0 Å². The van der Waals surface area contributed by atoms with Gasteiger partial charge in [-0.3, -0.25) is 0 Å². The summed E-state index contributed by atoms with van der Waals surface area (Å²) in [5.74, 6) is 1.75. The predicted octanol–water partition coefficient (Wildman–Crippen LogP) is 6.62. The third kappa shape index (κ3) is 4.31. The molecule has 1 fully saturated rings. The second-order valence-electron chi connectivity index (χ2n) is 6.83. The summed E-state index contributed by atoms with van der Waals surface area (Å²) in [4.78, 5) is 0. The van der Waals surface area contributed by atoms with Crippen LogP contribution in [0.4, 0.5) is 4.39 Å². The minimum absolute atomic E-state index is 0.0101. The van der Waals surface area contributed by atoms with E-state index in [1.54, 1.807) is 6.07 Å². The van der Waals surface area contributed by atoms with E-state index in [0.717, 1.165) is 24.3 Å². The molecule has 1 aliphatic rings. The van der Waals surface area contributed by atoms with Gasteiger partial charge in [-0.05, 0) is 67.1 Å². The van der Waals surface area contributed by atoms with Gasteiger partial charge in [0.25, 0.3) is 0 Å². The second kappa shape index (κ2) is 7.96. The van der Waals surface area contributed by atoms with Crippen molar-refractivity contribution < 1.29 is 4.39 Å². The number of hydrogen-bond donors (Lipinski definition) is 0. The van der Waals surface area contributed by atoms with Gasteiger partial charge in [0.05, 0.1) is 0 Å². The van der Waals surface area contributed by atoms with Crippen LogP contribution in [-0.4, -0.2) is 0 Å². The summed E-state index contributed by atoms with van der Waals surface area (Å²) >= 11 is 0. The van der Waals surface area contributed by atoms with Crippen LogP contribution in [0.1, 0.15) is 88.2 Å². The van der Waals surface area contributed by atoms with Gasteiger partial charge in [-0.2, -0.15) is 0 Å². The van der Waals surface area contributed by atoms with Gasteiger partial charge >= 0.3 is 0 Å². The molecule has 1 saturated carbocycles. The standard InChI is InChI=1S/C20H30F/c1-4-6-15(3)19-13-12-18(14-20(19)21)17-10-8-16(7-5-2)9-11-17/h12-17H,1,4-11H2,2-3H3. The van der Waals surface area contributed by atoms with Crippen LogP contribution in [0.2, 0.25) is 0 Å².